The van der Waals surface area contributed by atoms with Crippen LogP contribution in [0.25, 0.3) is 0 Å². The van der Waals surface area contributed by atoms with Gasteiger partial charge in [-0.1, -0.05) is 0 Å². The second-order valence-corrected chi connectivity index (χ2v) is 4.33. The van der Waals surface area contributed by atoms with Gasteiger partial charge in [-0.15, -0.1) is 0 Å². The Hall–Kier alpha value is -0.810. The van der Waals surface area contributed by atoms with E-state index in [9.17, 15) is 13.6 Å². The standard InChI is InChI=1S/C11H12BrF2NO/c1-6(15-2)10(16)5-7-9(13)4-3-8(12)11(7)14/h3-4,6,15H,5H2,1-2H3. The Balaban J connectivity index is 2.97. The molecule has 0 aliphatic carbocycles. The molecule has 0 amide bonds. The van der Waals surface area contributed by atoms with Crippen molar-refractivity contribution in [2.45, 2.75) is 19.4 Å². The third-order valence-corrected chi connectivity index (χ3v) is 3.02. The van der Waals surface area contributed by atoms with Crippen LogP contribution in [0.3, 0.4) is 0 Å². The van der Waals surface area contributed by atoms with Crippen LogP contribution in [-0.2, 0) is 11.2 Å². The van der Waals surface area contributed by atoms with E-state index >= 15 is 0 Å². The molecular weight excluding hydrogens is 280 g/mol. The first-order chi connectivity index (χ1) is 7.47. The highest BCUT2D eigenvalue weighted by Gasteiger charge is 2.18. The number of hydrogen-bond acceptors (Lipinski definition) is 2. The van der Waals surface area contributed by atoms with Crippen LogP contribution < -0.4 is 5.32 Å². The zero-order chi connectivity index (χ0) is 12.3. The van der Waals surface area contributed by atoms with Crippen molar-refractivity contribution >= 4 is 21.7 Å². The van der Waals surface area contributed by atoms with Crippen LogP contribution >= 0.6 is 15.9 Å². The number of halogens is 3. The minimum Gasteiger partial charge on any atom is -0.311 e. The molecule has 88 valence electrons. The van der Waals surface area contributed by atoms with Gasteiger partial charge < -0.3 is 5.32 Å². The number of benzene rings is 1. The molecule has 0 bridgehead atoms. The number of hydrogen-bond donors (Lipinski definition) is 1. The van der Waals surface area contributed by atoms with Crippen LogP contribution in [0.2, 0.25) is 0 Å². The van der Waals surface area contributed by atoms with Gasteiger partial charge in [0.15, 0.2) is 5.78 Å². The Bertz CT molecular complexity index is 409. The average molecular weight is 292 g/mol. The molecular formula is C11H12BrF2NO. The summed E-state index contributed by atoms with van der Waals surface area (Å²) in [5, 5.41) is 2.73. The van der Waals surface area contributed by atoms with Gasteiger partial charge in [0.2, 0.25) is 0 Å². The van der Waals surface area contributed by atoms with E-state index in [-0.39, 0.29) is 22.2 Å². The summed E-state index contributed by atoms with van der Waals surface area (Å²) < 4.78 is 27.0. The minimum atomic E-state index is -0.711. The van der Waals surface area contributed by atoms with Gasteiger partial charge in [0, 0.05) is 12.0 Å². The van der Waals surface area contributed by atoms with Crippen molar-refractivity contribution < 1.29 is 13.6 Å². The van der Waals surface area contributed by atoms with Crippen LogP contribution in [0.1, 0.15) is 12.5 Å². The lowest BCUT2D eigenvalue weighted by Crippen LogP contribution is -2.32. The van der Waals surface area contributed by atoms with Gasteiger partial charge in [-0.3, -0.25) is 4.79 Å². The second kappa shape index (κ2) is 5.50. The highest BCUT2D eigenvalue weighted by atomic mass is 79.9. The van der Waals surface area contributed by atoms with Crippen LogP contribution in [0.5, 0.6) is 0 Å². The van der Waals surface area contributed by atoms with Gasteiger partial charge in [-0.25, -0.2) is 8.78 Å². The SMILES string of the molecule is CNC(C)C(=O)Cc1c(F)ccc(Br)c1F. The Kier molecular flexibility index (Phi) is 4.56. The van der Waals surface area contributed by atoms with Gasteiger partial charge in [0.05, 0.1) is 10.5 Å². The predicted molar refractivity (Wildman–Crippen MR) is 61.3 cm³/mol. The molecule has 1 atom stereocenters. The van der Waals surface area contributed by atoms with Crippen molar-refractivity contribution in [1.29, 1.82) is 0 Å². The minimum absolute atomic E-state index is 0.161. The summed E-state index contributed by atoms with van der Waals surface area (Å²) in [7, 11) is 1.62. The zero-order valence-corrected chi connectivity index (χ0v) is 10.6. The van der Waals surface area contributed by atoms with Gasteiger partial charge in [-0.2, -0.15) is 0 Å². The molecule has 0 saturated heterocycles. The van der Waals surface area contributed by atoms with Crippen molar-refractivity contribution in [3.05, 3.63) is 33.8 Å². The van der Waals surface area contributed by atoms with E-state index in [2.05, 4.69) is 21.2 Å². The Morgan fingerprint density at radius 2 is 2.12 bits per heavy atom. The molecule has 1 rings (SSSR count). The lowest BCUT2D eigenvalue weighted by molar-refractivity contribution is -0.120. The fraction of sp³-hybridized carbons (Fsp3) is 0.364. The highest BCUT2D eigenvalue weighted by molar-refractivity contribution is 9.10. The molecule has 0 aliphatic heterocycles. The molecule has 0 heterocycles. The summed E-state index contributed by atoms with van der Waals surface area (Å²) in [6.07, 6.45) is -0.251. The summed E-state index contributed by atoms with van der Waals surface area (Å²) in [6, 6.07) is 2.00. The van der Waals surface area contributed by atoms with E-state index < -0.39 is 17.7 Å². The zero-order valence-electron chi connectivity index (χ0n) is 8.98. The van der Waals surface area contributed by atoms with Crippen LogP contribution in [0, 0.1) is 11.6 Å². The molecule has 1 unspecified atom stereocenters. The first-order valence-corrected chi connectivity index (χ1v) is 5.59. The first kappa shape index (κ1) is 13.3. The third-order valence-electron chi connectivity index (χ3n) is 2.41. The molecule has 5 heteroatoms. The summed E-state index contributed by atoms with van der Waals surface area (Å²) >= 11 is 2.96. The summed E-state index contributed by atoms with van der Waals surface area (Å²) in [6.45, 7) is 1.65. The van der Waals surface area contributed by atoms with Crippen LogP contribution in [0.15, 0.2) is 16.6 Å². The topological polar surface area (TPSA) is 29.1 Å². The van der Waals surface area contributed by atoms with E-state index in [1.165, 1.54) is 6.07 Å². The fourth-order valence-electron chi connectivity index (χ4n) is 1.22. The maximum Gasteiger partial charge on any atom is 0.154 e. The van der Waals surface area contributed by atoms with E-state index in [1.54, 1.807) is 14.0 Å². The normalized spacial score (nSPS) is 12.6. The lowest BCUT2D eigenvalue weighted by Gasteiger charge is -2.10. The van der Waals surface area contributed by atoms with Gasteiger partial charge in [0.25, 0.3) is 0 Å². The highest BCUT2D eigenvalue weighted by Crippen LogP contribution is 2.22. The summed E-state index contributed by atoms with van der Waals surface area (Å²) in [5.74, 6) is -1.66. The van der Waals surface area contributed by atoms with Gasteiger partial charge in [0.1, 0.15) is 11.6 Å². The smallest absolute Gasteiger partial charge is 0.154 e. The van der Waals surface area contributed by atoms with E-state index in [0.29, 0.717) is 0 Å². The number of Topliss-reactive ketones (excluding diaryl/α,β-unsaturated/α-hetero) is 1. The average Bonchev–Trinajstić information content (AvgIpc) is 2.28. The molecule has 2 nitrogen and oxygen atoms in total. The monoisotopic (exact) mass is 291 g/mol. The number of likely N-dealkylation sites (N-methyl/N-ethyl adjacent to an activating group) is 1. The van der Waals surface area contributed by atoms with Crippen LogP contribution in [0.4, 0.5) is 8.78 Å². The largest absolute Gasteiger partial charge is 0.311 e. The molecule has 0 aliphatic rings. The molecule has 0 spiro atoms. The van der Waals surface area contributed by atoms with Gasteiger partial charge >= 0.3 is 0 Å². The van der Waals surface area contributed by atoms with E-state index in [4.69, 9.17) is 0 Å². The Labute approximate surface area is 101 Å². The number of nitrogens with one attached hydrogen (secondary N) is 1. The van der Waals surface area contributed by atoms with Crippen molar-refractivity contribution in [2.75, 3.05) is 7.05 Å². The number of ketones is 1. The van der Waals surface area contributed by atoms with Crippen LogP contribution in [-0.4, -0.2) is 18.9 Å². The number of rotatable bonds is 4. The fourth-order valence-corrected chi connectivity index (χ4v) is 1.59. The maximum absolute atomic E-state index is 13.5. The molecule has 1 N–H and O–H groups in total. The molecule has 0 aromatic heterocycles. The number of carbonyl (C=O) groups is 1. The molecule has 0 radical (unpaired) electrons. The third kappa shape index (κ3) is 2.86. The van der Waals surface area contributed by atoms with E-state index in [1.807, 2.05) is 0 Å². The molecule has 0 saturated carbocycles. The lowest BCUT2D eigenvalue weighted by atomic mass is 10.0. The summed E-state index contributed by atoms with van der Waals surface area (Å²) in [4.78, 5) is 11.5. The molecule has 16 heavy (non-hydrogen) atoms. The predicted octanol–water partition coefficient (Wildman–Crippen LogP) is 2.45. The van der Waals surface area contributed by atoms with Crippen molar-refractivity contribution in [3.63, 3.8) is 0 Å². The summed E-state index contributed by atoms with van der Waals surface area (Å²) in [5.41, 5.74) is -0.193. The maximum atomic E-state index is 13.5. The Morgan fingerprint density at radius 3 is 2.69 bits per heavy atom. The van der Waals surface area contributed by atoms with E-state index in [0.717, 1.165) is 6.07 Å². The molecule has 1 aromatic carbocycles. The van der Waals surface area contributed by atoms with Crippen molar-refractivity contribution in [1.82, 2.24) is 5.32 Å². The Morgan fingerprint density at radius 1 is 1.50 bits per heavy atom. The first-order valence-electron chi connectivity index (χ1n) is 4.79. The van der Waals surface area contributed by atoms with Gasteiger partial charge in [-0.05, 0) is 42.0 Å². The number of carbonyl (C=O) groups excluding carboxylic acids is 1. The van der Waals surface area contributed by atoms with Crippen molar-refractivity contribution in [2.24, 2.45) is 0 Å². The second-order valence-electron chi connectivity index (χ2n) is 3.48. The van der Waals surface area contributed by atoms with Crippen molar-refractivity contribution in [3.8, 4) is 0 Å². The quantitative estimate of drug-likeness (QED) is 0.864. The molecule has 1 aromatic rings. The molecule has 0 fully saturated rings.